The summed E-state index contributed by atoms with van der Waals surface area (Å²) in [5.41, 5.74) is 4.05. The van der Waals surface area contributed by atoms with E-state index in [2.05, 4.69) is 28.1 Å². The van der Waals surface area contributed by atoms with E-state index < -0.39 is 0 Å². The number of aliphatic hydroxyl groups excluding tert-OH is 1. The van der Waals surface area contributed by atoms with Crippen molar-refractivity contribution in [3.63, 3.8) is 0 Å². The third-order valence-electron chi connectivity index (χ3n) is 7.50. The first-order chi connectivity index (χ1) is 13.2. The predicted octanol–water partition coefficient (Wildman–Crippen LogP) is 3.13. The molecular weight excluding hydrogens is 340 g/mol. The van der Waals surface area contributed by atoms with E-state index in [1.54, 1.807) is 14.2 Å². The van der Waals surface area contributed by atoms with Gasteiger partial charge in [-0.25, -0.2) is 0 Å². The standard InChI is InChI=1S/C22H30N2O3/c1-26-14-4-5-15-16-7-8-24-11-13-3-6-21(27-2)18(12-25)17(13)10-20(24)22(16)23-19(15)9-14/h4-5,9,13,17-18,20-21,23,25H,3,6-8,10-12H2,1-2H3/t13-,17+,18+,20-,21+/m1/s1. The molecule has 5 rings (SSSR count). The molecule has 0 unspecified atom stereocenters. The number of piperidine rings is 1. The molecule has 0 amide bonds. The SMILES string of the molecule is COc1ccc2c3c([nH]c2c1)[C@H]1C[C@H]2[C@H](CC[C@H](OC)[C@H]2CO)CN1CC3. The minimum atomic E-state index is 0.206. The molecule has 2 fully saturated rings. The first kappa shape index (κ1) is 17.5. The van der Waals surface area contributed by atoms with E-state index in [9.17, 15) is 5.11 Å². The molecule has 1 saturated heterocycles. The second-order valence-electron chi connectivity index (χ2n) is 8.55. The highest BCUT2D eigenvalue weighted by molar-refractivity contribution is 5.86. The molecule has 3 heterocycles. The van der Waals surface area contributed by atoms with Gasteiger partial charge in [0.1, 0.15) is 5.75 Å². The number of aromatic amines is 1. The normalized spacial score (nSPS) is 33.4. The number of aliphatic hydroxyl groups is 1. The van der Waals surface area contributed by atoms with Crippen LogP contribution in [-0.4, -0.2) is 55.0 Å². The largest absolute Gasteiger partial charge is 0.497 e. The number of fused-ring (bicyclic) bond motifs is 6. The zero-order chi connectivity index (χ0) is 18.5. The fraction of sp³-hybridized carbons (Fsp3) is 0.636. The van der Waals surface area contributed by atoms with Gasteiger partial charge >= 0.3 is 0 Å². The predicted molar refractivity (Wildman–Crippen MR) is 105 cm³/mol. The molecule has 1 saturated carbocycles. The number of aromatic nitrogens is 1. The van der Waals surface area contributed by atoms with Crippen molar-refractivity contribution in [1.82, 2.24) is 9.88 Å². The molecular formula is C22H30N2O3. The maximum Gasteiger partial charge on any atom is 0.120 e. The lowest BCUT2D eigenvalue weighted by molar-refractivity contribution is -0.0866. The molecule has 1 aromatic heterocycles. The number of benzene rings is 1. The second kappa shape index (κ2) is 6.80. The van der Waals surface area contributed by atoms with Crippen LogP contribution in [0.1, 0.15) is 36.6 Å². The second-order valence-corrected chi connectivity index (χ2v) is 8.55. The van der Waals surface area contributed by atoms with Gasteiger partial charge in [-0.15, -0.1) is 0 Å². The topological polar surface area (TPSA) is 57.7 Å². The Kier molecular flexibility index (Phi) is 4.42. The van der Waals surface area contributed by atoms with E-state index in [-0.39, 0.29) is 18.6 Å². The maximum atomic E-state index is 10.1. The van der Waals surface area contributed by atoms with Gasteiger partial charge in [-0.2, -0.15) is 0 Å². The van der Waals surface area contributed by atoms with Gasteiger partial charge in [0.05, 0.1) is 19.3 Å². The summed E-state index contributed by atoms with van der Waals surface area (Å²) in [6.45, 7) is 2.53. The van der Waals surface area contributed by atoms with E-state index in [4.69, 9.17) is 9.47 Å². The molecule has 0 radical (unpaired) electrons. The van der Waals surface area contributed by atoms with Crippen LogP contribution in [0.15, 0.2) is 18.2 Å². The lowest BCUT2D eigenvalue weighted by Crippen LogP contribution is -2.52. The van der Waals surface area contributed by atoms with Crippen LogP contribution in [0.25, 0.3) is 10.9 Å². The van der Waals surface area contributed by atoms with Crippen LogP contribution >= 0.6 is 0 Å². The van der Waals surface area contributed by atoms with Crippen LogP contribution in [0.5, 0.6) is 5.75 Å². The van der Waals surface area contributed by atoms with Gasteiger partial charge in [0.25, 0.3) is 0 Å². The third-order valence-corrected chi connectivity index (χ3v) is 7.50. The number of hydrogen-bond acceptors (Lipinski definition) is 4. The average molecular weight is 370 g/mol. The molecule has 5 nitrogen and oxygen atoms in total. The summed E-state index contributed by atoms with van der Waals surface area (Å²) in [4.78, 5) is 6.41. The number of nitrogens with one attached hydrogen (secondary N) is 1. The van der Waals surface area contributed by atoms with Crippen LogP contribution < -0.4 is 4.74 Å². The number of nitrogens with zero attached hydrogens (tertiary/aromatic N) is 1. The Morgan fingerprint density at radius 2 is 2.15 bits per heavy atom. The van der Waals surface area contributed by atoms with Crippen molar-refractivity contribution >= 4 is 10.9 Å². The highest BCUT2D eigenvalue weighted by atomic mass is 16.5. The Hall–Kier alpha value is -1.56. The zero-order valence-electron chi connectivity index (χ0n) is 16.3. The minimum absolute atomic E-state index is 0.206. The zero-order valence-corrected chi connectivity index (χ0v) is 16.3. The van der Waals surface area contributed by atoms with Crippen molar-refractivity contribution in [3.8, 4) is 5.75 Å². The Balaban J connectivity index is 1.50. The molecule has 2 aromatic rings. The van der Waals surface area contributed by atoms with Gasteiger partial charge in [-0.1, -0.05) is 0 Å². The molecule has 146 valence electrons. The summed E-state index contributed by atoms with van der Waals surface area (Å²) in [7, 11) is 3.52. The average Bonchev–Trinajstić information content (AvgIpc) is 3.09. The van der Waals surface area contributed by atoms with Crippen molar-refractivity contribution in [2.24, 2.45) is 17.8 Å². The summed E-state index contributed by atoms with van der Waals surface area (Å²) < 4.78 is 11.1. The van der Waals surface area contributed by atoms with E-state index in [0.29, 0.717) is 17.9 Å². The number of ether oxygens (including phenoxy) is 2. The first-order valence-corrected chi connectivity index (χ1v) is 10.3. The monoisotopic (exact) mass is 370 g/mol. The fourth-order valence-corrected chi connectivity index (χ4v) is 6.15. The Morgan fingerprint density at radius 1 is 1.26 bits per heavy atom. The van der Waals surface area contributed by atoms with Crippen molar-refractivity contribution < 1.29 is 14.6 Å². The lowest BCUT2D eigenvalue weighted by Gasteiger charge is -2.52. The Bertz CT molecular complexity index is 832. The van der Waals surface area contributed by atoms with Crippen LogP contribution in [0.2, 0.25) is 0 Å². The van der Waals surface area contributed by atoms with Crippen LogP contribution in [0, 0.1) is 17.8 Å². The summed E-state index contributed by atoms with van der Waals surface area (Å²) in [5, 5.41) is 11.4. The first-order valence-electron chi connectivity index (χ1n) is 10.3. The van der Waals surface area contributed by atoms with Gasteiger partial charge in [0, 0.05) is 55.4 Å². The molecule has 0 bridgehead atoms. The summed E-state index contributed by atoms with van der Waals surface area (Å²) in [6.07, 6.45) is 4.74. The molecule has 2 N–H and O–H groups in total. The Morgan fingerprint density at radius 3 is 2.93 bits per heavy atom. The van der Waals surface area contributed by atoms with E-state index in [1.165, 1.54) is 28.6 Å². The van der Waals surface area contributed by atoms with Crippen molar-refractivity contribution in [3.05, 3.63) is 29.5 Å². The smallest absolute Gasteiger partial charge is 0.120 e. The van der Waals surface area contributed by atoms with E-state index in [0.717, 1.165) is 38.1 Å². The molecule has 2 aliphatic heterocycles. The molecule has 5 heteroatoms. The quantitative estimate of drug-likeness (QED) is 0.872. The van der Waals surface area contributed by atoms with Crippen molar-refractivity contribution in [2.75, 3.05) is 33.9 Å². The van der Waals surface area contributed by atoms with Gasteiger partial charge in [0.2, 0.25) is 0 Å². The van der Waals surface area contributed by atoms with Gasteiger partial charge in [-0.05, 0) is 55.2 Å². The molecule has 1 aliphatic carbocycles. The fourth-order valence-electron chi connectivity index (χ4n) is 6.15. The number of methoxy groups -OCH3 is 2. The van der Waals surface area contributed by atoms with Gasteiger partial charge in [-0.3, -0.25) is 4.90 Å². The summed E-state index contributed by atoms with van der Waals surface area (Å²) in [5.74, 6) is 2.40. The highest BCUT2D eigenvalue weighted by Gasteiger charge is 2.46. The van der Waals surface area contributed by atoms with Crippen LogP contribution in [0.3, 0.4) is 0 Å². The molecule has 3 aliphatic rings. The summed E-state index contributed by atoms with van der Waals surface area (Å²) >= 11 is 0. The van der Waals surface area contributed by atoms with Gasteiger partial charge < -0.3 is 19.6 Å². The summed E-state index contributed by atoms with van der Waals surface area (Å²) in [6, 6.07) is 6.80. The molecule has 0 spiro atoms. The number of rotatable bonds is 3. The number of H-pyrrole nitrogens is 1. The Labute approximate surface area is 160 Å². The van der Waals surface area contributed by atoms with Crippen LogP contribution in [0.4, 0.5) is 0 Å². The van der Waals surface area contributed by atoms with Crippen molar-refractivity contribution in [1.29, 1.82) is 0 Å². The molecule has 5 atom stereocenters. The lowest BCUT2D eigenvalue weighted by atomic mass is 9.65. The number of hydrogen-bond donors (Lipinski definition) is 2. The van der Waals surface area contributed by atoms with Gasteiger partial charge in [0.15, 0.2) is 0 Å². The molecule has 27 heavy (non-hydrogen) atoms. The molecule has 1 aromatic carbocycles. The maximum absolute atomic E-state index is 10.1. The van der Waals surface area contributed by atoms with Crippen LogP contribution in [-0.2, 0) is 11.2 Å². The third kappa shape index (κ3) is 2.71. The highest BCUT2D eigenvalue weighted by Crippen LogP contribution is 2.49. The van der Waals surface area contributed by atoms with Crippen molar-refractivity contribution in [2.45, 2.75) is 37.8 Å². The van der Waals surface area contributed by atoms with E-state index in [1.807, 2.05) is 0 Å². The van der Waals surface area contributed by atoms with E-state index >= 15 is 0 Å². The minimum Gasteiger partial charge on any atom is -0.497 e.